The van der Waals surface area contributed by atoms with Crippen molar-refractivity contribution in [3.63, 3.8) is 0 Å². The van der Waals surface area contributed by atoms with Gasteiger partial charge in [-0.1, -0.05) is 38.1 Å². The molecule has 1 aliphatic rings. The van der Waals surface area contributed by atoms with Crippen LogP contribution in [0.4, 0.5) is 5.69 Å². The molecule has 68 valence electrons. The van der Waals surface area contributed by atoms with Gasteiger partial charge in [0.25, 0.3) is 0 Å². The Morgan fingerprint density at radius 2 is 2.15 bits per heavy atom. The van der Waals surface area contributed by atoms with Crippen LogP contribution in [0.25, 0.3) is 6.08 Å². The minimum atomic E-state index is 0.597. The van der Waals surface area contributed by atoms with Gasteiger partial charge in [-0.05, 0) is 17.5 Å². The lowest BCUT2D eigenvalue weighted by Crippen LogP contribution is -2.06. The lowest BCUT2D eigenvalue weighted by atomic mass is 9.94. The highest BCUT2D eigenvalue weighted by Gasteiger charge is 2.09. The Kier molecular flexibility index (Phi) is 2.09. The van der Waals surface area contributed by atoms with Crippen LogP contribution in [0.3, 0.4) is 0 Å². The molecule has 0 aromatic heterocycles. The van der Waals surface area contributed by atoms with Gasteiger partial charge in [0.15, 0.2) is 0 Å². The SMILES string of the molecule is CC(C)c1cccc2c1C=CCN2. The first-order valence-corrected chi connectivity index (χ1v) is 4.82. The third-order valence-electron chi connectivity index (χ3n) is 2.46. The Morgan fingerprint density at radius 1 is 1.31 bits per heavy atom. The van der Waals surface area contributed by atoms with Gasteiger partial charge < -0.3 is 5.32 Å². The van der Waals surface area contributed by atoms with Crippen molar-refractivity contribution in [2.45, 2.75) is 19.8 Å². The fourth-order valence-electron chi connectivity index (χ4n) is 1.77. The van der Waals surface area contributed by atoms with Gasteiger partial charge in [0.1, 0.15) is 0 Å². The first-order valence-electron chi connectivity index (χ1n) is 4.82. The Balaban J connectivity index is 2.54. The lowest BCUT2D eigenvalue weighted by molar-refractivity contribution is 0.863. The van der Waals surface area contributed by atoms with Crippen LogP contribution in [0.5, 0.6) is 0 Å². The minimum absolute atomic E-state index is 0.597. The standard InChI is InChI=1S/C12H15N/c1-9(2)10-5-3-7-12-11(10)6-4-8-13-12/h3-7,9,13H,8H2,1-2H3. The summed E-state index contributed by atoms with van der Waals surface area (Å²) in [4.78, 5) is 0. The molecule has 1 aliphatic heterocycles. The molecule has 0 unspecified atom stereocenters. The van der Waals surface area contributed by atoms with E-state index in [1.54, 1.807) is 0 Å². The number of hydrogen-bond acceptors (Lipinski definition) is 1. The summed E-state index contributed by atoms with van der Waals surface area (Å²) in [6.45, 7) is 5.42. The zero-order chi connectivity index (χ0) is 9.26. The summed E-state index contributed by atoms with van der Waals surface area (Å²) in [5.74, 6) is 0.597. The Hall–Kier alpha value is -1.24. The van der Waals surface area contributed by atoms with Gasteiger partial charge in [-0.25, -0.2) is 0 Å². The molecule has 1 N–H and O–H groups in total. The zero-order valence-electron chi connectivity index (χ0n) is 8.17. The first-order chi connectivity index (χ1) is 6.29. The molecule has 13 heavy (non-hydrogen) atoms. The molecule has 0 amide bonds. The largest absolute Gasteiger partial charge is 0.381 e. The van der Waals surface area contributed by atoms with Crippen LogP contribution in [-0.2, 0) is 0 Å². The summed E-state index contributed by atoms with van der Waals surface area (Å²) in [6, 6.07) is 6.48. The van der Waals surface area contributed by atoms with E-state index in [4.69, 9.17) is 0 Å². The molecule has 0 atom stereocenters. The molecule has 0 bridgehead atoms. The molecule has 0 saturated heterocycles. The summed E-state index contributed by atoms with van der Waals surface area (Å²) in [5, 5.41) is 3.37. The van der Waals surface area contributed by atoms with Crippen LogP contribution in [0, 0.1) is 0 Å². The van der Waals surface area contributed by atoms with E-state index >= 15 is 0 Å². The van der Waals surface area contributed by atoms with Gasteiger partial charge >= 0.3 is 0 Å². The highest BCUT2D eigenvalue weighted by molar-refractivity contribution is 5.73. The molecule has 0 aliphatic carbocycles. The molecule has 0 radical (unpaired) electrons. The van der Waals surface area contributed by atoms with E-state index in [0.29, 0.717) is 5.92 Å². The number of benzene rings is 1. The summed E-state index contributed by atoms with van der Waals surface area (Å²) in [5.41, 5.74) is 4.07. The summed E-state index contributed by atoms with van der Waals surface area (Å²) >= 11 is 0. The van der Waals surface area contributed by atoms with Crippen LogP contribution in [0.1, 0.15) is 30.9 Å². The molecule has 0 spiro atoms. The Morgan fingerprint density at radius 3 is 2.92 bits per heavy atom. The molecule has 0 saturated carbocycles. The van der Waals surface area contributed by atoms with Crippen molar-refractivity contribution in [2.24, 2.45) is 0 Å². The summed E-state index contributed by atoms with van der Waals surface area (Å²) < 4.78 is 0. The van der Waals surface area contributed by atoms with Crippen molar-refractivity contribution in [3.05, 3.63) is 35.4 Å². The third-order valence-corrected chi connectivity index (χ3v) is 2.46. The molecule has 0 fully saturated rings. The minimum Gasteiger partial charge on any atom is -0.381 e. The molecule has 1 aromatic carbocycles. The van der Waals surface area contributed by atoms with Gasteiger partial charge in [-0.3, -0.25) is 0 Å². The van der Waals surface area contributed by atoms with Gasteiger partial charge in [-0.2, -0.15) is 0 Å². The van der Waals surface area contributed by atoms with Crippen molar-refractivity contribution < 1.29 is 0 Å². The predicted octanol–water partition coefficient (Wildman–Crippen LogP) is 3.25. The summed E-state index contributed by atoms with van der Waals surface area (Å²) in [7, 11) is 0. The lowest BCUT2D eigenvalue weighted by Gasteiger charge is -2.18. The number of rotatable bonds is 1. The highest BCUT2D eigenvalue weighted by atomic mass is 14.9. The van der Waals surface area contributed by atoms with Crippen LogP contribution in [0.2, 0.25) is 0 Å². The van der Waals surface area contributed by atoms with Gasteiger partial charge in [-0.15, -0.1) is 0 Å². The molecule has 1 heteroatoms. The van der Waals surface area contributed by atoms with Crippen molar-refractivity contribution in [1.82, 2.24) is 0 Å². The Labute approximate surface area is 79.5 Å². The van der Waals surface area contributed by atoms with Gasteiger partial charge in [0.2, 0.25) is 0 Å². The number of nitrogens with one attached hydrogen (secondary N) is 1. The van der Waals surface area contributed by atoms with Crippen molar-refractivity contribution in [1.29, 1.82) is 0 Å². The van der Waals surface area contributed by atoms with E-state index in [1.165, 1.54) is 16.8 Å². The van der Waals surface area contributed by atoms with Crippen molar-refractivity contribution in [2.75, 3.05) is 11.9 Å². The van der Waals surface area contributed by atoms with Crippen LogP contribution in [-0.4, -0.2) is 6.54 Å². The second-order valence-corrected chi connectivity index (χ2v) is 3.75. The first kappa shape index (κ1) is 8.36. The number of hydrogen-bond donors (Lipinski definition) is 1. The number of fused-ring (bicyclic) bond motifs is 1. The molecule has 1 aromatic rings. The van der Waals surface area contributed by atoms with Crippen LogP contribution >= 0.6 is 0 Å². The molecule has 1 nitrogen and oxygen atoms in total. The van der Waals surface area contributed by atoms with E-state index in [0.717, 1.165) is 6.54 Å². The van der Waals surface area contributed by atoms with Gasteiger partial charge in [0.05, 0.1) is 0 Å². The highest BCUT2D eigenvalue weighted by Crippen LogP contribution is 2.28. The second kappa shape index (κ2) is 3.25. The van der Waals surface area contributed by atoms with Crippen molar-refractivity contribution in [3.8, 4) is 0 Å². The fraction of sp³-hybridized carbons (Fsp3) is 0.333. The quantitative estimate of drug-likeness (QED) is 0.687. The van der Waals surface area contributed by atoms with Crippen LogP contribution in [0.15, 0.2) is 24.3 Å². The maximum atomic E-state index is 3.37. The average Bonchev–Trinajstić information content (AvgIpc) is 2.17. The molecule has 2 rings (SSSR count). The third kappa shape index (κ3) is 1.46. The normalized spacial score (nSPS) is 14.1. The van der Waals surface area contributed by atoms with E-state index in [9.17, 15) is 0 Å². The topological polar surface area (TPSA) is 12.0 Å². The maximum absolute atomic E-state index is 3.37. The van der Waals surface area contributed by atoms with E-state index in [1.807, 2.05) is 0 Å². The van der Waals surface area contributed by atoms with E-state index in [2.05, 4.69) is 49.5 Å². The summed E-state index contributed by atoms with van der Waals surface area (Å²) in [6.07, 6.45) is 4.40. The predicted molar refractivity (Wildman–Crippen MR) is 58.1 cm³/mol. The maximum Gasteiger partial charge on any atom is 0.0419 e. The monoisotopic (exact) mass is 173 g/mol. The fourth-order valence-corrected chi connectivity index (χ4v) is 1.77. The average molecular weight is 173 g/mol. The molecule has 1 heterocycles. The van der Waals surface area contributed by atoms with Gasteiger partial charge in [0, 0.05) is 17.8 Å². The van der Waals surface area contributed by atoms with E-state index in [-0.39, 0.29) is 0 Å². The Bertz CT molecular complexity index is 337. The van der Waals surface area contributed by atoms with Crippen LogP contribution < -0.4 is 5.32 Å². The second-order valence-electron chi connectivity index (χ2n) is 3.75. The van der Waals surface area contributed by atoms with Crippen molar-refractivity contribution >= 4 is 11.8 Å². The smallest absolute Gasteiger partial charge is 0.0419 e. The number of anilines is 1. The molecular formula is C12H15N. The van der Waals surface area contributed by atoms with E-state index < -0.39 is 0 Å². The zero-order valence-corrected chi connectivity index (χ0v) is 8.17. The molecular weight excluding hydrogens is 158 g/mol.